The van der Waals surface area contributed by atoms with Crippen molar-refractivity contribution < 1.29 is 4.79 Å². The van der Waals surface area contributed by atoms with Crippen LogP contribution in [0.4, 0.5) is 0 Å². The molecule has 0 aromatic carbocycles. The highest BCUT2D eigenvalue weighted by atomic mass is 32.2. The second-order valence-corrected chi connectivity index (χ2v) is 4.97. The van der Waals surface area contributed by atoms with Gasteiger partial charge in [0.2, 0.25) is 5.91 Å². The highest BCUT2D eigenvalue weighted by Gasteiger charge is 2.24. The van der Waals surface area contributed by atoms with Gasteiger partial charge in [0.05, 0.1) is 0 Å². The maximum atomic E-state index is 11.6. The summed E-state index contributed by atoms with van der Waals surface area (Å²) in [6.07, 6.45) is 3.96. The Bertz CT molecular complexity index is 199. The second-order valence-electron chi connectivity index (χ2n) is 4.04. The Morgan fingerprint density at radius 3 is 2.93 bits per heavy atom. The van der Waals surface area contributed by atoms with Gasteiger partial charge in [-0.25, -0.2) is 0 Å². The Labute approximate surface area is 97.1 Å². The first-order valence-electron chi connectivity index (χ1n) is 5.93. The first-order valence-corrected chi connectivity index (χ1v) is 6.91. The summed E-state index contributed by atoms with van der Waals surface area (Å²) in [6.45, 7) is 6.07. The lowest BCUT2D eigenvalue weighted by atomic mass is 10.3. The molecular formula is C11H22N2OS. The fourth-order valence-electron chi connectivity index (χ4n) is 1.73. The van der Waals surface area contributed by atoms with Gasteiger partial charge in [0.15, 0.2) is 0 Å². The maximum Gasteiger partial charge on any atom is 0.222 e. The van der Waals surface area contributed by atoms with E-state index in [1.54, 1.807) is 11.9 Å². The molecule has 0 aliphatic carbocycles. The minimum Gasteiger partial charge on any atom is -0.341 e. The van der Waals surface area contributed by atoms with Gasteiger partial charge in [-0.05, 0) is 19.3 Å². The zero-order valence-electron chi connectivity index (χ0n) is 9.79. The Balaban J connectivity index is 2.17. The number of carbonyl (C=O) groups excluding carboxylic acids is 1. The van der Waals surface area contributed by atoms with Crippen molar-refractivity contribution in [2.24, 2.45) is 0 Å². The molecule has 0 bridgehead atoms. The lowest BCUT2D eigenvalue weighted by Crippen LogP contribution is -2.32. The quantitative estimate of drug-likeness (QED) is 0.560. The molecule has 1 unspecified atom stereocenters. The smallest absolute Gasteiger partial charge is 0.222 e. The van der Waals surface area contributed by atoms with Crippen LogP contribution >= 0.6 is 11.9 Å². The number of nitrogens with one attached hydrogen (secondary N) is 1. The standard InChI is InChI=1S/C11H22N2OS/c1-3-5-11(14)13-7-6-10(9-13)12-15-8-4-2/h10,12H,3-9H2,1-2H3. The molecule has 1 aliphatic rings. The topological polar surface area (TPSA) is 32.3 Å². The van der Waals surface area contributed by atoms with Crippen LogP contribution in [0.5, 0.6) is 0 Å². The van der Waals surface area contributed by atoms with Crippen LogP contribution in [0.25, 0.3) is 0 Å². The zero-order chi connectivity index (χ0) is 11.1. The highest BCUT2D eigenvalue weighted by molar-refractivity contribution is 7.97. The second kappa shape index (κ2) is 7.12. The van der Waals surface area contributed by atoms with Crippen molar-refractivity contribution in [1.82, 2.24) is 9.62 Å². The van der Waals surface area contributed by atoms with E-state index in [2.05, 4.69) is 18.6 Å². The number of hydrogen-bond donors (Lipinski definition) is 1. The third-order valence-corrected chi connectivity index (χ3v) is 3.67. The van der Waals surface area contributed by atoms with E-state index in [0.717, 1.165) is 31.7 Å². The van der Waals surface area contributed by atoms with Crippen molar-refractivity contribution in [1.29, 1.82) is 0 Å². The fourth-order valence-corrected chi connectivity index (χ4v) is 2.48. The zero-order valence-corrected chi connectivity index (χ0v) is 10.6. The summed E-state index contributed by atoms with van der Waals surface area (Å²) in [5.41, 5.74) is 0. The average Bonchev–Trinajstić information content (AvgIpc) is 2.67. The number of amides is 1. The third kappa shape index (κ3) is 4.43. The average molecular weight is 230 g/mol. The first-order chi connectivity index (χ1) is 7.27. The van der Waals surface area contributed by atoms with E-state index in [0.29, 0.717) is 18.4 Å². The van der Waals surface area contributed by atoms with Crippen molar-refractivity contribution >= 4 is 17.9 Å². The van der Waals surface area contributed by atoms with Crippen LogP contribution in [0.2, 0.25) is 0 Å². The molecule has 1 aliphatic heterocycles. The molecule has 4 heteroatoms. The van der Waals surface area contributed by atoms with Gasteiger partial charge in [-0.2, -0.15) is 0 Å². The van der Waals surface area contributed by atoms with Gasteiger partial charge >= 0.3 is 0 Å². The number of carbonyl (C=O) groups is 1. The normalized spacial score (nSPS) is 20.9. The van der Waals surface area contributed by atoms with E-state index in [-0.39, 0.29) is 0 Å². The van der Waals surface area contributed by atoms with Gasteiger partial charge in [-0.1, -0.05) is 25.8 Å². The largest absolute Gasteiger partial charge is 0.341 e. The minimum atomic E-state index is 0.322. The van der Waals surface area contributed by atoms with Crippen LogP contribution in [0.1, 0.15) is 39.5 Å². The molecule has 0 aromatic rings. The molecule has 0 spiro atoms. The Kier molecular flexibility index (Phi) is 6.10. The van der Waals surface area contributed by atoms with E-state index in [1.165, 1.54) is 6.42 Å². The Hall–Kier alpha value is -0.220. The molecule has 0 aromatic heterocycles. The van der Waals surface area contributed by atoms with Gasteiger partial charge in [-0.15, -0.1) is 0 Å². The van der Waals surface area contributed by atoms with Gasteiger partial charge in [0.1, 0.15) is 0 Å². The molecule has 3 nitrogen and oxygen atoms in total. The minimum absolute atomic E-state index is 0.322. The SMILES string of the molecule is CCCSNC1CCN(C(=O)CCC)C1. The lowest BCUT2D eigenvalue weighted by molar-refractivity contribution is -0.130. The Morgan fingerprint density at radius 2 is 2.27 bits per heavy atom. The van der Waals surface area contributed by atoms with Gasteiger partial charge in [0, 0.05) is 31.3 Å². The van der Waals surface area contributed by atoms with Crippen LogP contribution in [-0.2, 0) is 4.79 Å². The van der Waals surface area contributed by atoms with Gasteiger partial charge < -0.3 is 4.90 Å². The maximum absolute atomic E-state index is 11.6. The first kappa shape index (κ1) is 12.8. The highest BCUT2D eigenvalue weighted by Crippen LogP contribution is 2.13. The fraction of sp³-hybridized carbons (Fsp3) is 0.909. The van der Waals surface area contributed by atoms with Crippen LogP contribution in [0, 0.1) is 0 Å². The van der Waals surface area contributed by atoms with Crippen LogP contribution in [0.15, 0.2) is 0 Å². The summed E-state index contributed by atoms with van der Waals surface area (Å²) in [5, 5.41) is 0. The van der Waals surface area contributed by atoms with E-state index in [9.17, 15) is 4.79 Å². The molecular weight excluding hydrogens is 208 g/mol. The van der Waals surface area contributed by atoms with Crippen LogP contribution < -0.4 is 4.72 Å². The molecule has 1 N–H and O–H groups in total. The molecule has 1 atom stereocenters. The molecule has 1 amide bonds. The number of hydrogen-bond acceptors (Lipinski definition) is 3. The molecule has 0 radical (unpaired) electrons. The van der Waals surface area contributed by atoms with Gasteiger partial charge in [-0.3, -0.25) is 9.52 Å². The van der Waals surface area contributed by atoms with Gasteiger partial charge in [0.25, 0.3) is 0 Å². The molecule has 1 rings (SSSR count). The summed E-state index contributed by atoms with van der Waals surface area (Å²) in [7, 11) is 0. The molecule has 88 valence electrons. The summed E-state index contributed by atoms with van der Waals surface area (Å²) < 4.78 is 3.43. The predicted octanol–water partition coefficient (Wildman–Crippen LogP) is 2.04. The van der Waals surface area contributed by atoms with Crippen molar-refractivity contribution in [3.63, 3.8) is 0 Å². The lowest BCUT2D eigenvalue weighted by Gasteiger charge is -2.16. The van der Waals surface area contributed by atoms with Crippen molar-refractivity contribution in [3.8, 4) is 0 Å². The molecule has 1 saturated heterocycles. The van der Waals surface area contributed by atoms with Crippen molar-refractivity contribution in [3.05, 3.63) is 0 Å². The Morgan fingerprint density at radius 1 is 1.47 bits per heavy atom. The summed E-state index contributed by atoms with van der Waals surface area (Å²) in [5.74, 6) is 1.47. The molecule has 1 heterocycles. The third-order valence-electron chi connectivity index (χ3n) is 2.56. The van der Waals surface area contributed by atoms with E-state index >= 15 is 0 Å². The molecule has 0 saturated carbocycles. The molecule has 1 fully saturated rings. The van der Waals surface area contributed by atoms with Crippen molar-refractivity contribution in [2.45, 2.75) is 45.6 Å². The van der Waals surface area contributed by atoms with E-state index < -0.39 is 0 Å². The summed E-state index contributed by atoms with van der Waals surface area (Å²) in [6, 6.07) is 0.502. The number of rotatable bonds is 6. The monoisotopic (exact) mass is 230 g/mol. The van der Waals surface area contributed by atoms with Crippen LogP contribution in [0.3, 0.4) is 0 Å². The van der Waals surface area contributed by atoms with E-state index in [1.807, 2.05) is 4.90 Å². The number of likely N-dealkylation sites (tertiary alicyclic amines) is 1. The van der Waals surface area contributed by atoms with E-state index in [4.69, 9.17) is 0 Å². The predicted molar refractivity (Wildman–Crippen MR) is 65.8 cm³/mol. The summed E-state index contributed by atoms with van der Waals surface area (Å²) >= 11 is 1.79. The van der Waals surface area contributed by atoms with Crippen molar-refractivity contribution in [2.75, 3.05) is 18.8 Å². The summed E-state index contributed by atoms with van der Waals surface area (Å²) in [4.78, 5) is 13.6. The number of nitrogens with zero attached hydrogens (tertiary/aromatic N) is 1. The molecule has 15 heavy (non-hydrogen) atoms. The van der Waals surface area contributed by atoms with Crippen LogP contribution in [-0.4, -0.2) is 35.7 Å².